The first kappa shape index (κ1) is 15.8. The minimum Gasteiger partial charge on any atom is -0.465 e. The number of hydrogen-bond acceptors (Lipinski definition) is 4. The Morgan fingerprint density at radius 1 is 1.59 bits per heavy atom. The Bertz CT molecular complexity index is 825. The second kappa shape index (κ2) is 6.45. The third-order valence-electron chi connectivity index (χ3n) is 3.14. The predicted octanol–water partition coefficient (Wildman–Crippen LogP) is 2.29. The molecular weight excluding hydrogens is 308 g/mol. The number of carboxylic acid groups (broad SMARTS) is 1. The first-order valence-electron chi connectivity index (χ1n) is 6.51. The second-order valence-corrected chi connectivity index (χ2v) is 5.05. The number of carbonyl (C=O) groups is 1. The molecule has 1 unspecified atom stereocenters. The Balaban J connectivity index is 2.70. The Hall–Kier alpha value is -2.59. The minimum atomic E-state index is -1.22. The molecule has 0 saturated heterocycles. The Kier molecular flexibility index (Phi) is 4.63. The molecule has 1 heterocycles. The van der Waals surface area contributed by atoms with Gasteiger partial charge in [-0.3, -0.25) is 9.36 Å². The van der Waals surface area contributed by atoms with Crippen LogP contribution in [0.4, 0.5) is 4.79 Å². The van der Waals surface area contributed by atoms with Gasteiger partial charge >= 0.3 is 6.09 Å². The summed E-state index contributed by atoms with van der Waals surface area (Å²) in [5.74, 6) is 0.248. The second-order valence-electron chi connectivity index (χ2n) is 4.64. The van der Waals surface area contributed by atoms with Gasteiger partial charge < -0.3 is 10.4 Å². The zero-order valence-electron chi connectivity index (χ0n) is 11.7. The maximum Gasteiger partial charge on any atom is 0.405 e. The quantitative estimate of drug-likeness (QED) is 0.898. The van der Waals surface area contributed by atoms with E-state index < -0.39 is 12.1 Å². The lowest BCUT2D eigenvalue weighted by atomic mass is 10.2. The standard InChI is InChI=1S/C14H13ClN4O3/c1-8(17-14(21)22)12-18-10-5-2-4-9(15)11(10)13(20)19(12)7-3-6-16/h2,4-5,8,17H,3,7H2,1H3,(H,21,22). The Morgan fingerprint density at radius 2 is 2.32 bits per heavy atom. The van der Waals surface area contributed by atoms with Crippen LogP contribution in [0, 0.1) is 11.3 Å². The fourth-order valence-corrected chi connectivity index (χ4v) is 2.45. The van der Waals surface area contributed by atoms with Crippen molar-refractivity contribution in [3.63, 3.8) is 0 Å². The summed E-state index contributed by atoms with van der Waals surface area (Å²) in [5.41, 5.74) is -0.000338. The summed E-state index contributed by atoms with van der Waals surface area (Å²) in [6.45, 7) is 1.69. The molecule has 22 heavy (non-hydrogen) atoms. The monoisotopic (exact) mass is 320 g/mol. The third kappa shape index (κ3) is 3.02. The molecule has 0 aliphatic heterocycles. The molecule has 0 radical (unpaired) electrons. The summed E-state index contributed by atoms with van der Waals surface area (Å²) < 4.78 is 1.29. The number of hydrogen-bond donors (Lipinski definition) is 2. The first-order valence-corrected chi connectivity index (χ1v) is 6.89. The predicted molar refractivity (Wildman–Crippen MR) is 80.8 cm³/mol. The normalized spacial score (nSPS) is 11.9. The van der Waals surface area contributed by atoms with Crippen LogP contribution in [0.1, 0.15) is 25.2 Å². The lowest BCUT2D eigenvalue weighted by Crippen LogP contribution is -2.33. The zero-order valence-corrected chi connectivity index (χ0v) is 12.5. The molecule has 0 fully saturated rings. The zero-order chi connectivity index (χ0) is 16.3. The average molecular weight is 321 g/mol. The molecule has 8 heteroatoms. The molecule has 2 rings (SSSR count). The molecule has 0 aliphatic rings. The van der Waals surface area contributed by atoms with E-state index in [1.54, 1.807) is 25.1 Å². The van der Waals surface area contributed by atoms with Crippen LogP contribution < -0.4 is 10.9 Å². The topological polar surface area (TPSA) is 108 Å². The number of nitrogens with zero attached hydrogens (tertiary/aromatic N) is 3. The number of nitrogens with one attached hydrogen (secondary N) is 1. The average Bonchev–Trinajstić information content (AvgIpc) is 2.45. The maximum atomic E-state index is 12.6. The highest BCUT2D eigenvalue weighted by atomic mass is 35.5. The molecule has 0 spiro atoms. The van der Waals surface area contributed by atoms with Crippen molar-refractivity contribution in [1.29, 1.82) is 5.26 Å². The Labute approximate surface area is 130 Å². The van der Waals surface area contributed by atoms with E-state index in [4.69, 9.17) is 22.0 Å². The highest BCUT2D eigenvalue weighted by Gasteiger charge is 2.19. The van der Waals surface area contributed by atoms with Gasteiger partial charge in [0, 0.05) is 6.54 Å². The molecule has 1 aromatic heterocycles. The SMILES string of the molecule is CC(NC(=O)O)c1nc2cccc(Cl)c2c(=O)n1CCC#N. The lowest BCUT2D eigenvalue weighted by molar-refractivity contribution is 0.190. The molecule has 1 aromatic carbocycles. The fraction of sp³-hybridized carbons (Fsp3) is 0.286. The highest BCUT2D eigenvalue weighted by Crippen LogP contribution is 2.20. The molecule has 2 aromatic rings. The summed E-state index contributed by atoms with van der Waals surface area (Å²) in [4.78, 5) is 27.8. The largest absolute Gasteiger partial charge is 0.465 e. The van der Waals surface area contributed by atoms with Crippen LogP contribution in [-0.2, 0) is 6.54 Å². The smallest absolute Gasteiger partial charge is 0.405 e. The van der Waals surface area contributed by atoms with Gasteiger partial charge in [0.05, 0.1) is 34.5 Å². The van der Waals surface area contributed by atoms with Crippen molar-refractivity contribution < 1.29 is 9.90 Å². The number of benzene rings is 1. The summed E-state index contributed by atoms with van der Waals surface area (Å²) >= 11 is 6.06. The number of halogens is 1. The van der Waals surface area contributed by atoms with Crippen molar-refractivity contribution in [2.75, 3.05) is 0 Å². The molecule has 2 N–H and O–H groups in total. The van der Waals surface area contributed by atoms with Crippen LogP contribution in [0.2, 0.25) is 5.02 Å². The molecular formula is C14H13ClN4O3. The van der Waals surface area contributed by atoms with Gasteiger partial charge in [-0.2, -0.15) is 5.26 Å². The van der Waals surface area contributed by atoms with E-state index in [-0.39, 0.29) is 34.8 Å². The third-order valence-corrected chi connectivity index (χ3v) is 3.45. The van der Waals surface area contributed by atoms with Gasteiger partial charge in [-0.1, -0.05) is 17.7 Å². The summed E-state index contributed by atoms with van der Waals surface area (Å²) in [6, 6.07) is 6.13. The van der Waals surface area contributed by atoms with Gasteiger partial charge in [0.2, 0.25) is 0 Å². The van der Waals surface area contributed by atoms with Gasteiger partial charge in [-0.25, -0.2) is 9.78 Å². The number of amides is 1. The van der Waals surface area contributed by atoms with Crippen molar-refractivity contribution in [3.05, 3.63) is 39.4 Å². The van der Waals surface area contributed by atoms with Crippen LogP contribution in [-0.4, -0.2) is 20.8 Å². The summed E-state index contributed by atoms with van der Waals surface area (Å²) in [6.07, 6.45) is -1.12. The van der Waals surface area contributed by atoms with Crippen molar-refractivity contribution in [3.8, 4) is 6.07 Å². The van der Waals surface area contributed by atoms with Gasteiger partial charge in [0.25, 0.3) is 5.56 Å². The molecule has 0 bridgehead atoms. The molecule has 114 valence electrons. The van der Waals surface area contributed by atoms with Gasteiger partial charge in [0.1, 0.15) is 5.82 Å². The molecule has 1 atom stereocenters. The van der Waals surface area contributed by atoms with Crippen molar-refractivity contribution in [2.45, 2.75) is 25.9 Å². The van der Waals surface area contributed by atoms with E-state index >= 15 is 0 Å². The van der Waals surface area contributed by atoms with Crippen LogP contribution in [0.25, 0.3) is 10.9 Å². The maximum absolute atomic E-state index is 12.6. The van der Waals surface area contributed by atoms with Crippen molar-refractivity contribution >= 4 is 28.6 Å². The van der Waals surface area contributed by atoms with Crippen molar-refractivity contribution in [2.24, 2.45) is 0 Å². The first-order chi connectivity index (χ1) is 10.5. The van der Waals surface area contributed by atoms with Gasteiger partial charge in [-0.15, -0.1) is 0 Å². The van der Waals surface area contributed by atoms with Gasteiger partial charge in [-0.05, 0) is 19.1 Å². The Morgan fingerprint density at radius 3 is 2.95 bits per heavy atom. The van der Waals surface area contributed by atoms with E-state index in [2.05, 4.69) is 10.3 Å². The van der Waals surface area contributed by atoms with Crippen LogP contribution in [0.15, 0.2) is 23.0 Å². The van der Waals surface area contributed by atoms with E-state index in [1.165, 1.54) is 4.57 Å². The highest BCUT2D eigenvalue weighted by molar-refractivity contribution is 6.35. The van der Waals surface area contributed by atoms with Crippen LogP contribution in [0.5, 0.6) is 0 Å². The number of fused-ring (bicyclic) bond motifs is 1. The van der Waals surface area contributed by atoms with E-state index in [0.717, 1.165) is 0 Å². The lowest BCUT2D eigenvalue weighted by Gasteiger charge is -2.18. The van der Waals surface area contributed by atoms with E-state index in [9.17, 15) is 9.59 Å². The minimum absolute atomic E-state index is 0.102. The molecule has 1 amide bonds. The number of aromatic nitrogens is 2. The molecule has 7 nitrogen and oxygen atoms in total. The van der Waals surface area contributed by atoms with Gasteiger partial charge in [0.15, 0.2) is 0 Å². The fourth-order valence-electron chi connectivity index (χ4n) is 2.20. The van der Waals surface area contributed by atoms with Crippen LogP contribution >= 0.6 is 11.6 Å². The van der Waals surface area contributed by atoms with E-state index in [0.29, 0.717) is 5.52 Å². The van der Waals surface area contributed by atoms with Crippen molar-refractivity contribution in [1.82, 2.24) is 14.9 Å². The number of nitriles is 1. The van der Waals surface area contributed by atoms with Crippen LogP contribution in [0.3, 0.4) is 0 Å². The molecule has 0 saturated carbocycles. The van der Waals surface area contributed by atoms with E-state index in [1.807, 2.05) is 6.07 Å². The molecule has 0 aliphatic carbocycles. The summed E-state index contributed by atoms with van der Waals surface area (Å²) in [7, 11) is 0. The summed E-state index contributed by atoms with van der Waals surface area (Å²) in [5, 5.41) is 20.4. The number of rotatable bonds is 4.